The molecular formula is C15H15F2N. The molecule has 0 heterocycles. The molecule has 0 amide bonds. The van der Waals surface area contributed by atoms with Crippen LogP contribution in [0.2, 0.25) is 0 Å². The maximum Gasteiger partial charge on any atom is 0.152 e. The van der Waals surface area contributed by atoms with Crippen LogP contribution in [-0.4, -0.2) is 6.54 Å². The Balaban J connectivity index is 2.32. The van der Waals surface area contributed by atoms with Crippen LogP contribution in [0, 0.1) is 5.82 Å². The van der Waals surface area contributed by atoms with Crippen LogP contribution in [0.1, 0.15) is 11.1 Å². The van der Waals surface area contributed by atoms with Gasteiger partial charge in [-0.3, -0.25) is 0 Å². The van der Waals surface area contributed by atoms with Crippen molar-refractivity contribution in [2.24, 2.45) is 5.73 Å². The number of alkyl halides is 1. The molecule has 0 aromatic heterocycles. The maximum atomic E-state index is 14.8. The first kappa shape index (κ1) is 12.7. The molecular weight excluding hydrogens is 232 g/mol. The molecule has 3 heteroatoms. The van der Waals surface area contributed by atoms with E-state index in [1.54, 1.807) is 42.5 Å². The number of hydrogen-bond donors (Lipinski definition) is 1. The van der Waals surface area contributed by atoms with Gasteiger partial charge in [0.2, 0.25) is 0 Å². The highest BCUT2D eigenvalue weighted by molar-refractivity contribution is 5.28. The van der Waals surface area contributed by atoms with E-state index in [2.05, 4.69) is 0 Å². The zero-order chi connectivity index (χ0) is 13.0. The lowest BCUT2D eigenvalue weighted by molar-refractivity contribution is 0.173. The van der Waals surface area contributed by atoms with E-state index in [1.165, 1.54) is 6.07 Å². The fourth-order valence-electron chi connectivity index (χ4n) is 1.97. The van der Waals surface area contributed by atoms with Gasteiger partial charge in [-0.15, -0.1) is 0 Å². The quantitative estimate of drug-likeness (QED) is 0.882. The summed E-state index contributed by atoms with van der Waals surface area (Å²) in [6, 6.07) is 14.9. The lowest BCUT2D eigenvalue weighted by atomic mass is 9.89. The predicted molar refractivity (Wildman–Crippen MR) is 68.4 cm³/mol. The van der Waals surface area contributed by atoms with Gasteiger partial charge in [0.05, 0.1) is 0 Å². The Morgan fingerprint density at radius 2 is 1.56 bits per heavy atom. The molecule has 1 nitrogen and oxygen atoms in total. The molecule has 0 aliphatic carbocycles. The van der Waals surface area contributed by atoms with Crippen LogP contribution >= 0.6 is 0 Å². The number of rotatable bonds is 4. The van der Waals surface area contributed by atoms with Crippen LogP contribution in [0.15, 0.2) is 54.6 Å². The third kappa shape index (κ3) is 2.57. The van der Waals surface area contributed by atoms with Gasteiger partial charge >= 0.3 is 0 Å². The van der Waals surface area contributed by atoms with E-state index in [1.807, 2.05) is 6.07 Å². The summed E-state index contributed by atoms with van der Waals surface area (Å²) < 4.78 is 28.4. The molecule has 2 rings (SSSR count). The number of benzene rings is 2. The van der Waals surface area contributed by atoms with Gasteiger partial charge in [-0.05, 0) is 17.2 Å². The summed E-state index contributed by atoms with van der Waals surface area (Å²) in [6.45, 7) is -0.175. The molecule has 2 aromatic rings. The average Bonchev–Trinajstić information content (AvgIpc) is 2.42. The largest absolute Gasteiger partial charge is 0.327 e. The normalized spacial score (nSPS) is 14.2. The smallest absolute Gasteiger partial charge is 0.152 e. The zero-order valence-electron chi connectivity index (χ0n) is 9.94. The fourth-order valence-corrected chi connectivity index (χ4v) is 1.97. The van der Waals surface area contributed by atoms with Gasteiger partial charge in [-0.1, -0.05) is 48.5 Å². The van der Waals surface area contributed by atoms with E-state index in [4.69, 9.17) is 5.73 Å². The molecule has 1 unspecified atom stereocenters. The number of hydrogen-bond acceptors (Lipinski definition) is 1. The Labute approximate surface area is 105 Å². The summed E-state index contributed by atoms with van der Waals surface area (Å²) in [7, 11) is 0. The first-order chi connectivity index (χ1) is 8.65. The van der Waals surface area contributed by atoms with Crippen LogP contribution in [0.5, 0.6) is 0 Å². The topological polar surface area (TPSA) is 26.0 Å². The van der Waals surface area contributed by atoms with Crippen molar-refractivity contribution in [3.8, 4) is 0 Å². The molecule has 0 aliphatic rings. The molecule has 0 aliphatic heterocycles. The molecule has 1 atom stereocenters. The Kier molecular flexibility index (Phi) is 3.72. The van der Waals surface area contributed by atoms with Crippen molar-refractivity contribution < 1.29 is 8.78 Å². The van der Waals surface area contributed by atoms with Crippen LogP contribution in [0.4, 0.5) is 8.78 Å². The third-order valence-corrected chi connectivity index (χ3v) is 3.04. The summed E-state index contributed by atoms with van der Waals surface area (Å²) in [6.07, 6.45) is -0.0554. The van der Waals surface area contributed by atoms with E-state index >= 15 is 0 Å². The van der Waals surface area contributed by atoms with Gasteiger partial charge in [0.25, 0.3) is 0 Å². The molecule has 2 aromatic carbocycles. The van der Waals surface area contributed by atoms with E-state index in [0.717, 1.165) is 0 Å². The van der Waals surface area contributed by atoms with Crippen molar-refractivity contribution in [3.05, 3.63) is 71.5 Å². The number of nitrogens with two attached hydrogens (primary N) is 1. The average molecular weight is 247 g/mol. The second-order valence-electron chi connectivity index (χ2n) is 4.30. The molecule has 0 radical (unpaired) electrons. The maximum absolute atomic E-state index is 14.8. The van der Waals surface area contributed by atoms with Crippen LogP contribution in [-0.2, 0) is 12.1 Å². The van der Waals surface area contributed by atoms with Gasteiger partial charge in [0.15, 0.2) is 5.67 Å². The van der Waals surface area contributed by atoms with Gasteiger partial charge in [-0.25, -0.2) is 8.78 Å². The molecule has 0 saturated heterocycles. The van der Waals surface area contributed by atoms with Crippen LogP contribution in [0.3, 0.4) is 0 Å². The van der Waals surface area contributed by atoms with E-state index in [9.17, 15) is 8.78 Å². The van der Waals surface area contributed by atoms with Crippen LogP contribution in [0.25, 0.3) is 0 Å². The molecule has 18 heavy (non-hydrogen) atoms. The molecule has 0 saturated carbocycles. The van der Waals surface area contributed by atoms with E-state index in [0.29, 0.717) is 11.1 Å². The Morgan fingerprint density at radius 1 is 0.944 bits per heavy atom. The molecule has 94 valence electrons. The summed E-state index contributed by atoms with van der Waals surface area (Å²) in [4.78, 5) is 0. The highest BCUT2D eigenvalue weighted by Crippen LogP contribution is 2.29. The predicted octanol–water partition coefficient (Wildman–Crippen LogP) is 3.19. The van der Waals surface area contributed by atoms with Crippen molar-refractivity contribution in [2.75, 3.05) is 6.54 Å². The minimum Gasteiger partial charge on any atom is -0.327 e. The molecule has 0 bridgehead atoms. The lowest BCUT2D eigenvalue weighted by Gasteiger charge is -2.24. The third-order valence-electron chi connectivity index (χ3n) is 3.04. The van der Waals surface area contributed by atoms with E-state index in [-0.39, 0.29) is 13.0 Å². The Morgan fingerprint density at radius 3 is 2.17 bits per heavy atom. The molecule has 2 N–H and O–H groups in total. The van der Waals surface area contributed by atoms with Gasteiger partial charge in [0.1, 0.15) is 5.82 Å². The summed E-state index contributed by atoms with van der Waals surface area (Å²) in [5, 5.41) is 0. The first-order valence-corrected chi connectivity index (χ1v) is 5.83. The highest BCUT2D eigenvalue weighted by Gasteiger charge is 2.31. The van der Waals surface area contributed by atoms with Crippen molar-refractivity contribution in [3.63, 3.8) is 0 Å². The van der Waals surface area contributed by atoms with E-state index < -0.39 is 11.5 Å². The Hall–Kier alpha value is -1.74. The Bertz CT molecular complexity index is 513. The summed E-state index contributed by atoms with van der Waals surface area (Å²) in [5.74, 6) is -0.399. The fraction of sp³-hybridized carbons (Fsp3) is 0.200. The second-order valence-corrected chi connectivity index (χ2v) is 4.30. The van der Waals surface area contributed by atoms with Gasteiger partial charge < -0.3 is 5.73 Å². The standard InChI is InChI=1S/C15H15F2N/c16-14-9-5-4-6-12(14)10-15(17,11-18)13-7-2-1-3-8-13/h1-9H,10-11,18H2. The summed E-state index contributed by atoms with van der Waals surface area (Å²) >= 11 is 0. The van der Waals surface area contributed by atoms with Crippen molar-refractivity contribution >= 4 is 0 Å². The van der Waals surface area contributed by atoms with Crippen molar-refractivity contribution in [1.29, 1.82) is 0 Å². The van der Waals surface area contributed by atoms with Gasteiger partial charge in [-0.2, -0.15) is 0 Å². The lowest BCUT2D eigenvalue weighted by Crippen LogP contribution is -2.33. The van der Waals surface area contributed by atoms with Crippen molar-refractivity contribution in [2.45, 2.75) is 12.1 Å². The monoisotopic (exact) mass is 247 g/mol. The first-order valence-electron chi connectivity index (χ1n) is 5.83. The van der Waals surface area contributed by atoms with Crippen molar-refractivity contribution in [1.82, 2.24) is 0 Å². The highest BCUT2D eigenvalue weighted by atomic mass is 19.1. The minimum atomic E-state index is -1.73. The zero-order valence-corrected chi connectivity index (χ0v) is 9.94. The molecule has 0 spiro atoms. The van der Waals surface area contributed by atoms with Crippen LogP contribution < -0.4 is 5.73 Å². The van der Waals surface area contributed by atoms with Gasteiger partial charge in [0, 0.05) is 13.0 Å². The SMILES string of the molecule is NCC(F)(Cc1ccccc1F)c1ccccc1. The summed E-state index contributed by atoms with van der Waals surface area (Å²) in [5.41, 5.74) is 4.63. The molecule has 0 fully saturated rings. The minimum absolute atomic E-state index is 0.0554. The second kappa shape index (κ2) is 5.27. The number of halogens is 2.